The highest BCUT2D eigenvalue weighted by atomic mass is 16.3. The lowest BCUT2D eigenvalue weighted by Gasteiger charge is -2.41. The molecule has 2 aromatic heterocycles. The van der Waals surface area contributed by atoms with Crippen molar-refractivity contribution >= 4 is 0 Å². The molecule has 2 N–H and O–H groups in total. The number of nitrogens with zero attached hydrogens (tertiary/aromatic N) is 5. The summed E-state index contributed by atoms with van der Waals surface area (Å²) in [5.41, 5.74) is 1.62. The molecule has 1 saturated heterocycles. The molecule has 7 nitrogen and oxygen atoms in total. The number of pyridine rings is 1. The van der Waals surface area contributed by atoms with Crippen LogP contribution in [-0.2, 0) is 6.54 Å². The van der Waals surface area contributed by atoms with E-state index in [1.807, 2.05) is 18.2 Å². The number of aromatic nitrogens is 5. The van der Waals surface area contributed by atoms with E-state index in [-0.39, 0.29) is 11.5 Å². The van der Waals surface area contributed by atoms with Gasteiger partial charge >= 0.3 is 0 Å². The first kappa shape index (κ1) is 14.1. The number of aliphatic hydroxyl groups excluding tert-OH is 1. The van der Waals surface area contributed by atoms with Crippen LogP contribution in [0.1, 0.15) is 26.0 Å². The van der Waals surface area contributed by atoms with Crippen LogP contribution in [0.4, 0.5) is 0 Å². The number of aromatic amines is 1. The van der Waals surface area contributed by atoms with Gasteiger partial charge in [-0.05, 0) is 23.8 Å². The maximum Gasteiger partial charge on any atom is 0.222 e. The zero-order valence-corrected chi connectivity index (χ0v) is 12.3. The van der Waals surface area contributed by atoms with E-state index in [9.17, 15) is 5.11 Å². The first-order chi connectivity index (χ1) is 10.0. The summed E-state index contributed by atoms with van der Waals surface area (Å²) in [6.07, 6.45) is 0.574. The highest BCUT2D eigenvalue weighted by Crippen LogP contribution is 2.29. The second kappa shape index (κ2) is 5.50. The van der Waals surface area contributed by atoms with E-state index in [0.717, 1.165) is 37.4 Å². The average Bonchev–Trinajstić information content (AvgIpc) is 2.97. The van der Waals surface area contributed by atoms with Gasteiger partial charge in [0, 0.05) is 25.0 Å². The van der Waals surface area contributed by atoms with Crippen molar-refractivity contribution in [2.45, 2.75) is 32.9 Å². The predicted octanol–water partition coefficient (Wildman–Crippen LogP) is 0.854. The van der Waals surface area contributed by atoms with Gasteiger partial charge in [-0.25, -0.2) is 4.98 Å². The van der Waals surface area contributed by atoms with E-state index >= 15 is 0 Å². The summed E-state index contributed by atoms with van der Waals surface area (Å²) in [7, 11) is 0. The Kier molecular flexibility index (Phi) is 3.69. The summed E-state index contributed by atoms with van der Waals surface area (Å²) in [6.45, 7) is 6.73. The fourth-order valence-electron chi connectivity index (χ4n) is 2.78. The molecule has 0 radical (unpaired) electrons. The number of aliphatic hydroxyl groups is 1. The number of rotatable bonds is 3. The van der Waals surface area contributed by atoms with E-state index in [0.29, 0.717) is 5.82 Å². The fraction of sp³-hybridized carbons (Fsp3) is 0.571. The molecule has 0 aliphatic carbocycles. The SMILES string of the molecule is CC1(C)CN(Cc2cccc(-c3nn[nH]n3)n2)CCC1O. The van der Waals surface area contributed by atoms with E-state index in [4.69, 9.17) is 0 Å². The van der Waals surface area contributed by atoms with Gasteiger partial charge < -0.3 is 5.11 Å². The zero-order valence-electron chi connectivity index (χ0n) is 12.3. The Morgan fingerprint density at radius 2 is 2.29 bits per heavy atom. The minimum absolute atomic E-state index is 0.0798. The first-order valence-electron chi connectivity index (χ1n) is 7.15. The van der Waals surface area contributed by atoms with Gasteiger partial charge in [0.15, 0.2) is 0 Å². The van der Waals surface area contributed by atoms with E-state index in [2.05, 4.69) is 44.4 Å². The number of hydrogen-bond donors (Lipinski definition) is 2. The van der Waals surface area contributed by atoms with Crippen LogP contribution >= 0.6 is 0 Å². The van der Waals surface area contributed by atoms with Crippen molar-refractivity contribution < 1.29 is 5.11 Å². The molecule has 1 unspecified atom stereocenters. The average molecular weight is 288 g/mol. The summed E-state index contributed by atoms with van der Waals surface area (Å²) in [5.74, 6) is 0.506. The Bertz CT molecular complexity index is 597. The van der Waals surface area contributed by atoms with Gasteiger partial charge in [0.05, 0.1) is 11.8 Å². The quantitative estimate of drug-likeness (QED) is 0.870. The molecular weight excluding hydrogens is 268 g/mol. The van der Waals surface area contributed by atoms with Crippen molar-refractivity contribution in [3.63, 3.8) is 0 Å². The largest absolute Gasteiger partial charge is 0.392 e. The lowest BCUT2D eigenvalue weighted by molar-refractivity contribution is -0.0273. The van der Waals surface area contributed by atoms with E-state index < -0.39 is 0 Å². The highest BCUT2D eigenvalue weighted by molar-refractivity contribution is 5.47. The van der Waals surface area contributed by atoms with Crippen LogP contribution in [0.2, 0.25) is 0 Å². The van der Waals surface area contributed by atoms with Crippen molar-refractivity contribution in [3.05, 3.63) is 23.9 Å². The summed E-state index contributed by atoms with van der Waals surface area (Å²) in [5, 5.41) is 23.9. The molecule has 3 heterocycles. The molecule has 0 saturated carbocycles. The molecule has 1 aliphatic rings. The van der Waals surface area contributed by atoms with Crippen molar-refractivity contribution in [3.8, 4) is 11.5 Å². The van der Waals surface area contributed by atoms with Crippen molar-refractivity contribution in [2.75, 3.05) is 13.1 Å². The van der Waals surface area contributed by atoms with Crippen LogP contribution in [0.5, 0.6) is 0 Å². The molecule has 0 bridgehead atoms. The van der Waals surface area contributed by atoms with Crippen LogP contribution < -0.4 is 0 Å². The minimum Gasteiger partial charge on any atom is -0.392 e. The van der Waals surface area contributed by atoms with Gasteiger partial charge in [-0.3, -0.25) is 4.90 Å². The molecule has 7 heteroatoms. The van der Waals surface area contributed by atoms with Crippen LogP contribution in [0.3, 0.4) is 0 Å². The number of tetrazole rings is 1. The summed E-state index contributed by atoms with van der Waals surface area (Å²) in [6, 6.07) is 5.83. The van der Waals surface area contributed by atoms with E-state index in [1.54, 1.807) is 0 Å². The second-order valence-corrected chi connectivity index (χ2v) is 6.25. The minimum atomic E-state index is -0.229. The van der Waals surface area contributed by atoms with Gasteiger partial charge in [0.1, 0.15) is 5.69 Å². The Morgan fingerprint density at radius 3 is 3.00 bits per heavy atom. The number of likely N-dealkylation sites (tertiary alicyclic amines) is 1. The maximum absolute atomic E-state index is 10.0. The van der Waals surface area contributed by atoms with Gasteiger partial charge in [-0.1, -0.05) is 19.9 Å². The van der Waals surface area contributed by atoms with Crippen LogP contribution in [0.25, 0.3) is 11.5 Å². The molecule has 0 amide bonds. The normalized spacial score (nSPS) is 22.3. The molecule has 21 heavy (non-hydrogen) atoms. The third-order valence-corrected chi connectivity index (χ3v) is 4.02. The van der Waals surface area contributed by atoms with Crippen molar-refractivity contribution in [1.29, 1.82) is 0 Å². The maximum atomic E-state index is 10.0. The van der Waals surface area contributed by atoms with Gasteiger partial charge in [0.2, 0.25) is 5.82 Å². The smallest absolute Gasteiger partial charge is 0.222 e. The number of nitrogens with one attached hydrogen (secondary N) is 1. The molecular formula is C14H20N6O. The molecule has 2 aromatic rings. The zero-order chi connectivity index (χ0) is 14.9. The first-order valence-corrected chi connectivity index (χ1v) is 7.15. The molecule has 0 aromatic carbocycles. The van der Waals surface area contributed by atoms with Gasteiger partial charge in [-0.15, -0.1) is 10.2 Å². The van der Waals surface area contributed by atoms with Crippen LogP contribution in [0.15, 0.2) is 18.2 Å². The highest BCUT2D eigenvalue weighted by Gasteiger charge is 2.34. The van der Waals surface area contributed by atoms with Gasteiger partial charge in [-0.2, -0.15) is 5.21 Å². The molecule has 1 fully saturated rings. The Balaban J connectivity index is 1.72. The topological polar surface area (TPSA) is 90.8 Å². The third-order valence-electron chi connectivity index (χ3n) is 4.02. The molecule has 3 rings (SSSR count). The monoisotopic (exact) mass is 288 g/mol. The summed E-state index contributed by atoms with van der Waals surface area (Å²) < 4.78 is 0. The molecule has 112 valence electrons. The standard InChI is InChI=1S/C14H20N6O/c1-14(2)9-20(7-6-12(14)21)8-10-4-3-5-11(15-10)13-16-18-19-17-13/h3-5,12,21H,6-9H2,1-2H3,(H,16,17,18,19). The lowest BCUT2D eigenvalue weighted by atomic mass is 9.81. The van der Waals surface area contributed by atoms with E-state index in [1.165, 1.54) is 0 Å². The van der Waals surface area contributed by atoms with Crippen LogP contribution in [-0.4, -0.2) is 54.8 Å². The fourth-order valence-corrected chi connectivity index (χ4v) is 2.78. The summed E-state index contributed by atoms with van der Waals surface area (Å²) in [4.78, 5) is 6.92. The number of H-pyrrole nitrogens is 1. The summed E-state index contributed by atoms with van der Waals surface area (Å²) >= 11 is 0. The molecule has 1 atom stereocenters. The van der Waals surface area contributed by atoms with Gasteiger partial charge in [0.25, 0.3) is 0 Å². The predicted molar refractivity (Wildman–Crippen MR) is 77.1 cm³/mol. The number of piperidine rings is 1. The second-order valence-electron chi connectivity index (χ2n) is 6.25. The Hall–Kier alpha value is -1.86. The number of hydrogen-bond acceptors (Lipinski definition) is 6. The lowest BCUT2D eigenvalue weighted by Crippen LogP contribution is -2.48. The molecule has 1 aliphatic heterocycles. The van der Waals surface area contributed by atoms with Crippen molar-refractivity contribution in [2.24, 2.45) is 5.41 Å². The van der Waals surface area contributed by atoms with Crippen molar-refractivity contribution in [1.82, 2.24) is 30.5 Å². The Morgan fingerprint density at radius 1 is 1.43 bits per heavy atom. The molecule has 0 spiro atoms. The third kappa shape index (κ3) is 3.08. The van der Waals surface area contributed by atoms with Crippen LogP contribution in [0, 0.1) is 5.41 Å². The Labute approximate surface area is 123 Å².